The first-order chi connectivity index (χ1) is 14.6. The smallest absolute Gasteiger partial charge is 0.162 e. The molecular formula is C22H27BrClFN2O3. The average Bonchev–Trinajstić information content (AvgIpc) is 2.74. The van der Waals surface area contributed by atoms with Gasteiger partial charge in [-0.15, -0.1) is 0 Å². The molecule has 1 heterocycles. The van der Waals surface area contributed by atoms with Crippen molar-refractivity contribution in [2.24, 2.45) is 0 Å². The lowest BCUT2D eigenvalue weighted by molar-refractivity contribution is 0.0374. The van der Waals surface area contributed by atoms with E-state index < -0.39 is 0 Å². The third-order valence-electron chi connectivity index (χ3n) is 4.98. The van der Waals surface area contributed by atoms with Crippen LogP contribution in [0.2, 0.25) is 5.02 Å². The number of methoxy groups -OCH3 is 1. The summed E-state index contributed by atoms with van der Waals surface area (Å²) in [6, 6.07) is 8.11. The molecular weight excluding hydrogens is 475 g/mol. The van der Waals surface area contributed by atoms with Gasteiger partial charge in [0.15, 0.2) is 11.5 Å². The zero-order valence-corrected chi connectivity index (χ0v) is 19.4. The molecule has 0 unspecified atom stereocenters. The van der Waals surface area contributed by atoms with Crippen LogP contribution in [0.15, 0.2) is 34.8 Å². The molecule has 5 nitrogen and oxygen atoms in total. The van der Waals surface area contributed by atoms with E-state index >= 15 is 0 Å². The number of hydrogen-bond donors (Lipinski definition) is 1. The van der Waals surface area contributed by atoms with Gasteiger partial charge in [0.25, 0.3) is 0 Å². The van der Waals surface area contributed by atoms with Gasteiger partial charge in [-0.2, -0.15) is 0 Å². The average molecular weight is 502 g/mol. The predicted octanol–water partition coefficient (Wildman–Crippen LogP) is 4.64. The first-order valence-corrected chi connectivity index (χ1v) is 11.2. The van der Waals surface area contributed by atoms with Crippen LogP contribution in [-0.2, 0) is 17.9 Å². The molecule has 0 bridgehead atoms. The van der Waals surface area contributed by atoms with E-state index in [2.05, 4.69) is 26.1 Å². The summed E-state index contributed by atoms with van der Waals surface area (Å²) in [7, 11) is 1.61. The quantitative estimate of drug-likeness (QED) is 0.481. The summed E-state index contributed by atoms with van der Waals surface area (Å²) in [6.07, 6.45) is 1.09. The molecule has 1 fully saturated rings. The van der Waals surface area contributed by atoms with Crippen molar-refractivity contribution in [3.63, 3.8) is 0 Å². The highest BCUT2D eigenvalue weighted by atomic mass is 79.9. The number of hydrogen-bond acceptors (Lipinski definition) is 5. The van der Waals surface area contributed by atoms with E-state index in [4.69, 9.17) is 25.8 Å². The Kier molecular flexibility index (Phi) is 9.21. The summed E-state index contributed by atoms with van der Waals surface area (Å²) in [5.74, 6) is 0.869. The Morgan fingerprint density at radius 3 is 2.70 bits per heavy atom. The molecule has 164 valence electrons. The van der Waals surface area contributed by atoms with E-state index in [-0.39, 0.29) is 12.4 Å². The van der Waals surface area contributed by atoms with Gasteiger partial charge < -0.3 is 19.5 Å². The summed E-state index contributed by atoms with van der Waals surface area (Å²) in [6.45, 7) is 6.68. The second-order valence-electron chi connectivity index (χ2n) is 7.10. The van der Waals surface area contributed by atoms with Gasteiger partial charge in [0.1, 0.15) is 12.4 Å². The van der Waals surface area contributed by atoms with Crippen molar-refractivity contribution in [1.82, 2.24) is 10.2 Å². The van der Waals surface area contributed by atoms with E-state index in [1.54, 1.807) is 13.2 Å². The Balaban J connectivity index is 1.51. The zero-order chi connectivity index (χ0) is 21.3. The summed E-state index contributed by atoms with van der Waals surface area (Å²) >= 11 is 9.70. The molecule has 0 radical (unpaired) electrons. The van der Waals surface area contributed by atoms with E-state index in [1.807, 2.05) is 12.1 Å². The van der Waals surface area contributed by atoms with Crippen LogP contribution >= 0.6 is 27.5 Å². The van der Waals surface area contributed by atoms with E-state index in [0.29, 0.717) is 22.1 Å². The molecule has 30 heavy (non-hydrogen) atoms. The van der Waals surface area contributed by atoms with Crippen molar-refractivity contribution < 1.29 is 18.6 Å². The van der Waals surface area contributed by atoms with Crippen molar-refractivity contribution in [2.75, 3.05) is 46.5 Å². The first-order valence-electron chi connectivity index (χ1n) is 10.0. The minimum Gasteiger partial charge on any atom is -0.493 e. The SMILES string of the molecule is COc1cc(CNCCCN2CCOCC2)c(Br)cc1OCc1ccc(F)cc1Cl. The molecule has 8 heteroatoms. The molecule has 0 atom stereocenters. The topological polar surface area (TPSA) is 43.0 Å². The Morgan fingerprint density at radius 2 is 1.97 bits per heavy atom. The van der Waals surface area contributed by atoms with Crippen molar-refractivity contribution in [1.29, 1.82) is 0 Å². The Labute approximate surface area is 190 Å². The van der Waals surface area contributed by atoms with E-state index in [1.165, 1.54) is 12.1 Å². The minimum atomic E-state index is -0.370. The minimum absolute atomic E-state index is 0.223. The maximum atomic E-state index is 13.2. The number of morpholine rings is 1. The van der Waals surface area contributed by atoms with Gasteiger partial charge in [-0.1, -0.05) is 33.6 Å². The monoisotopic (exact) mass is 500 g/mol. The molecule has 0 saturated carbocycles. The molecule has 0 aromatic heterocycles. The van der Waals surface area contributed by atoms with Crippen LogP contribution in [0.3, 0.4) is 0 Å². The molecule has 1 aliphatic rings. The molecule has 3 rings (SSSR count). The fourth-order valence-electron chi connectivity index (χ4n) is 3.25. The van der Waals surface area contributed by atoms with E-state index in [9.17, 15) is 4.39 Å². The maximum Gasteiger partial charge on any atom is 0.162 e. The van der Waals surface area contributed by atoms with Crippen LogP contribution < -0.4 is 14.8 Å². The predicted molar refractivity (Wildman–Crippen MR) is 120 cm³/mol. The van der Waals surface area contributed by atoms with Crippen molar-refractivity contribution in [2.45, 2.75) is 19.6 Å². The van der Waals surface area contributed by atoms with Gasteiger partial charge >= 0.3 is 0 Å². The van der Waals surface area contributed by atoms with Gasteiger partial charge in [-0.05, 0) is 49.3 Å². The van der Waals surface area contributed by atoms with Crippen molar-refractivity contribution >= 4 is 27.5 Å². The van der Waals surface area contributed by atoms with Gasteiger partial charge in [-0.25, -0.2) is 4.39 Å². The zero-order valence-electron chi connectivity index (χ0n) is 17.1. The third kappa shape index (κ3) is 6.82. The molecule has 0 spiro atoms. The van der Waals surface area contributed by atoms with Gasteiger partial charge in [-0.3, -0.25) is 4.90 Å². The molecule has 0 aliphatic carbocycles. The van der Waals surface area contributed by atoms with Crippen LogP contribution in [0.5, 0.6) is 11.5 Å². The van der Waals surface area contributed by atoms with Gasteiger partial charge in [0.2, 0.25) is 0 Å². The van der Waals surface area contributed by atoms with E-state index in [0.717, 1.165) is 62.4 Å². The second kappa shape index (κ2) is 11.9. The number of nitrogens with one attached hydrogen (secondary N) is 1. The fraction of sp³-hybridized carbons (Fsp3) is 0.455. The van der Waals surface area contributed by atoms with Crippen molar-refractivity contribution in [3.05, 3.63) is 56.8 Å². The lowest BCUT2D eigenvalue weighted by Gasteiger charge is -2.26. The molecule has 1 N–H and O–H groups in total. The molecule has 2 aromatic rings. The Morgan fingerprint density at radius 1 is 1.17 bits per heavy atom. The van der Waals surface area contributed by atoms with Crippen molar-refractivity contribution in [3.8, 4) is 11.5 Å². The normalized spacial score (nSPS) is 14.7. The summed E-state index contributed by atoms with van der Waals surface area (Å²) < 4.78 is 30.9. The van der Waals surface area contributed by atoms with Gasteiger partial charge in [0, 0.05) is 29.7 Å². The standard InChI is InChI=1S/C22H27BrClFN2O3/c1-28-21-11-17(14-26-5-2-6-27-7-9-29-10-8-27)19(23)13-22(21)30-15-16-3-4-18(25)12-20(16)24/h3-4,11-13,26H,2,5-10,14-15H2,1H3. The Bertz CT molecular complexity index is 834. The summed E-state index contributed by atoms with van der Waals surface area (Å²) in [4.78, 5) is 2.43. The number of ether oxygens (including phenoxy) is 3. The molecule has 1 saturated heterocycles. The van der Waals surface area contributed by atoms with Gasteiger partial charge in [0.05, 0.1) is 25.3 Å². The summed E-state index contributed by atoms with van der Waals surface area (Å²) in [5.41, 5.74) is 1.80. The van der Waals surface area contributed by atoms with Crippen LogP contribution in [0, 0.1) is 5.82 Å². The first kappa shape index (κ1) is 23.3. The number of nitrogens with zero attached hydrogens (tertiary/aromatic N) is 1. The largest absolute Gasteiger partial charge is 0.493 e. The molecule has 0 amide bonds. The fourth-order valence-corrected chi connectivity index (χ4v) is 3.94. The Hall–Kier alpha value is -1.38. The highest BCUT2D eigenvalue weighted by Gasteiger charge is 2.12. The third-order valence-corrected chi connectivity index (χ3v) is 6.07. The van der Waals surface area contributed by atoms with Crippen LogP contribution in [0.4, 0.5) is 4.39 Å². The second-order valence-corrected chi connectivity index (χ2v) is 8.36. The highest BCUT2D eigenvalue weighted by molar-refractivity contribution is 9.10. The molecule has 1 aliphatic heterocycles. The highest BCUT2D eigenvalue weighted by Crippen LogP contribution is 2.34. The van der Waals surface area contributed by atoms with Crippen LogP contribution in [0.25, 0.3) is 0 Å². The lowest BCUT2D eigenvalue weighted by atomic mass is 10.2. The number of halogens is 3. The number of rotatable bonds is 10. The maximum absolute atomic E-state index is 13.2. The van der Waals surface area contributed by atoms with Crippen LogP contribution in [-0.4, -0.2) is 51.4 Å². The van der Waals surface area contributed by atoms with Crippen LogP contribution in [0.1, 0.15) is 17.5 Å². The molecule has 2 aromatic carbocycles. The number of benzene rings is 2. The summed E-state index contributed by atoms with van der Waals surface area (Å²) in [5, 5.41) is 3.83. The lowest BCUT2D eigenvalue weighted by Crippen LogP contribution is -2.37.